The lowest BCUT2D eigenvalue weighted by atomic mass is 10.2. The van der Waals surface area contributed by atoms with Gasteiger partial charge in [-0.15, -0.1) is 0 Å². The number of halogens is 1. The predicted octanol–water partition coefficient (Wildman–Crippen LogP) is 4.53. The summed E-state index contributed by atoms with van der Waals surface area (Å²) in [5.41, 5.74) is 2.92. The molecule has 5 heteroatoms. The molecule has 0 N–H and O–H groups in total. The van der Waals surface area contributed by atoms with Crippen molar-refractivity contribution in [3.63, 3.8) is 0 Å². The van der Waals surface area contributed by atoms with E-state index in [9.17, 15) is 0 Å². The van der Waals surface area contributed by atoms with Gasteiger partial charge in [-0.2, -0.15) is 4.98 Å². The van der Waals surface area contributed by atoms with E-state index in [0.717, 1.165) is 16.8 Å². The second kappa shape index (κ2) is 8.45. The topological polar surface area (TPSA) is 44.2 Å². The highest BCUT2D eigenvalue weighted by atomic mass is 79.9. The van der Waals surface area contributed by atoms with Crippen molar-refractivity contribution in [3.05, 3.63) is 83.8 Å². The SMILES string of the molecule is BrCc1ncnc(OCc2ccccc2)c1OCc1ccccc1. The van der Waals surface area contributed by atoms with Gasteiger partial charge in [-0.25, -0.2) is 4.98 Å². The highest BCUT2D eigenvalue weighted by molar-refractivity contribution is 9.08. The molecular formula is C19H17BrN2O2. The summed E-state index contributed by atoms with van der Waals surface area (Å²) in [6.07, 6.45) is 1.49. The van der Waals surface area contributed by atoms with E-state index < -0.39 is 0 Å². The van der Waals surface area contributed by atoms with Crippen molar-refractivity contribution < 1.29 is 9.47 Å². The van der Waals surface area contributed by atoms with E-state index in [1.807, 2.05) is 60.7 Å². The Balaban J connectivity index is 1.75. The molecule has 1 heterocycles. The van der Waals surface area contributed by atoms with E-state index in [2.05, 4.69) is 25.9 Å². The summed E-state index contributed by atoms with van der Waals surface area (Å²) >= 11 is 3.44. The van der Waals surface area contributed by atoms with Crippen molar-refractivity contribution >= 4 is 15.9 Å². The van der Waals surface area contributed by atoms with Crippen molar-refractivity contribution in [1.29, 1.82) is 0 Å². The van der Waals surface area contributed by atoms with E-state index in [0.29, 0.717) is 30.2 Å². The maximum Gasteiger partial charge on any atom is 0.260 e. The van der Waals surface area contributed by atoms with E-state index in [1.165, 1.54) is 6.33 Å². The molecule has 0 saturated carbocycles. The summed E-state index contributed by atoms with van der Waals surface area (Å²) in [6, 6.07) is 19.9. The highest BCUT2D eigenvalue weighted by Crippen LogP contribution is 2.30. The normalized spacial score (nSPS) is 10.4. The van der Waals surface area contributed by atoms with Crippen LogP contribution in [-0.2, 0) is 18.5 Å². The molecule has 0 aliphatic heterocycles. The first-order valence-electron chi connectivity index (χ1n) is 7.60. The van der Waals surface area contributed by atoms with Crippen LogP contribution < -0.4 is 9.47 Å². The minimum atomic E-state index is 0.432. The predicted molar refractivity (Wildman–Crippen MR) is 96.2 cm³/mol. The van der Waals surface area contributed by atoms with Gasteiger partial charge in [0.15, 0.2) is 0 Å². The minimum Gasteiger partial charge on any atom is -0.482 e. The van der Waals surface area contributed by atoms with Gasteiger partial charge in [0.2, 0.25) is 5.75 Å². The van der Waals surface area contributed by atoms with Gasteiger partial charge in [-0.1, -0.05) is 76.6 Å². The molecule has 24 heavy (non-hydrogen) atoms. The molecule has 0 unspecified atom stereocenters. The quantitative estimate of drug-likeness (QED) is 0.561. The summed E-state index contributed by atoms with van der Waals surface area (Å²) in [4.78, 5) is 8.50. The largest absolute Gasteiger partial charge is 0.482 e. The van der Waals surface area contributed by atoms with Gasteiger partial charge in [0, 0.05) is 5.33 Å². The van der Waals surface area contributed by atoms with E-state index >= 15 is 0 Å². The third-order valence-corrected chi connectivity index (χ3v) is 3.95. The third kappa shape index (κ3) is 4.32. The summed E-state index contributed by atoms with van der Waals surface area (Å²) in [6.45, 7) is 0.872. The average molecular weight is 385 g/mol. The third-order valence-electron chi connectivity index (χ3n) is 3.42. The lowest BCUT2D eigenvalue weighted by molar-refractivity contribution is 0.244. The highest BCUT2D eigenvalue weighted by Gasteiger charge is 2.14. The Bertz CT molecular complexity index is 767. The number of hydrogen-bond donors (Lipinski definition) is 0. The zero-order valence-corrected chi connectivity index (χ0v) is 14.6. The van der Waals surface area contributed by atoms with Crippen LogP contribution >= 0.6 is 15.9 Å². The van der Waals surface area contributed by atoms with Crippen LogP contribution in [-0.4, -0.2) is 9.97 Å². The zero-order valence-electron chi connectivity index (χ0n) is 13.1. The van der Waals surface area contributed by atoms with Crippen LogP contribution in [0.2, 0.25) is 0 Å². The molecule has 3 aromatic rings. The second-order valence-electron chi connectivity index (χ2n) is 5.14. The Morgan fingerprint density at radius 2 is 1.33 bits per heavy atom. The number of benzene rings is 2. The Labute approximate surface area is 149 Å². The number of rotatable bonds is 7. The zero-order chi connectivity index (χ0) is 16.6. The summed E-state index contributed by atoms with van der Waals surface area (Å²) in [5, 5.41) is 0.571. The van der Waals surface area contributed by atoms with E-state index in [1.54, 1.807) is 0 Å². The minimum absolute atomic E-state index is 0.432. The fourth-order valence-corrected chi connectivity index (χ4v) is 2.59. The molecule has 2 aromatic carbocycles. The van der Waals surface area contributed by atoms with Crippen LogP contribution in [0.1, 0.15) is 16.8 Å². The first-order chi connectivity index (χ1) is 11.9. The number of aromatic nitrogens is 2. The summed E-state index contributed by atoms with van der Waals surface area (Å²) < 4.78 is 11.8. The van der Waals surface area contributed by atoms with Crippen molar-refractivity contribution in [3.8, 4) is 11.6 Å². The molecule has 0 fully saturated rings. The molecule has 0 aliphatic carbocycles. The van der Waals surface area contributed by atoms with Gasteiger partial charge >= 0.3 is 0 Å². The first kappa shape index (κ1) is 16.5. The maximum absolute atomic E-state index is 5.95. The standard InChI is InChI=1S/C19H17BrN2O2/c20-11-17-18(23-12-15-7-3-1-4-8-15)19(22-14-21-17)24-13-16-9-5-2-6-10-16/h1-10,14H,11-13H2. The van der Waals surface area contributed by atoms with Crippen molar-refractivity contribution in [2.24, 2.45) is 0 Å². The summed E-state index contributed by atoms with van der Waals surface area (Å²) in [5.74, 6) is 1.04. The molecule has 0 radical (unpaired) electrons. The fourth-order valence-electron chi connectivity index (χ4n) is 2.19. The molecule has 0 saturated heterocycles. The van der Waals surface area contributed by atoms with Crippen LogP contribution in [0.25, 0.3) is 0 Å². The number of alkyl halides is 1. The molecule has 0 bridgehead atoms. The Morgan fingerprint density at radius 1 is 0.750 bits per heavy atom. The molecule has 3 rings (SSSR count). The molecule has 0 aliphatic rings. The monoisotopic (exact) mass is 384 g/mol. The lowest BCUT2D eigenvalue weighted by Crippen LogP contribution is -2.05. The van der Waals surface area contributed by atoms with Gasteiger partial charge in [0.25, 0.3) is 5.88 Å². The van der Waals surface area contributed by atoms with E-state index in [4.69, 9.17) is 9.47 Å². The lowest BCUT2D eigenvalue weighted by Gasteiger charge is -2.14. The fraction of sp³-hybridized carbons (Fsp3) is 0.158. The summed E-state index contributed by atoms with van der Waals surface area (Å²) in [7, 11) is 0. The van der Waals surface area contributed by atoms with Crippen LogP contribution in [0.4, 0.5) is 0 Å². The first-order valence-corrected chi connectivity index (χ1v) is 8.72. The number of hydrogen-bond acceptors (Lipinski definition) is 4. The number of ether oxygens (including phenoxy) is 2. The molecular weight excluding hydrogens is 368 g/mol. The molecule has 0 amide bonds. The van der Waals surface area contributed by atoms with Crippen molar-refractivity contribution in [2.45, 2.75) is 18.5 Å². The van der Waals surface area contributed by atoms with Crippen LogP contribution in [0.5, 0.6) is 11.6 Å². The number of nitrogens with zero attached hydrogens (tertiary/aromatic N) is 2. The van der Waals surface area contributed by atoms with Gasteiger partial charge in [-0.05, 0) is 11.1 Å². The van der Waals surface area contributed by atoms with Crippen LogP contribution in [0, 0.1) is 0 Å². The van der Waals surface area contributed by atoms with E-state index in [-0.39, 0.29) is 0 Å². The maximum atomic E-state index is 5.95. The molecule has 4 nitrogen and oxygen atoms in total. The van der Waals surface area contributed by atoms with Gasteiger partial charge in [0.05, 0.1) is 0 Å². The Hall–Kier alpha value is -2.40. The van der Waals surface area contributed by atoms with Crippen molar-refractivity contribution in [2.75, 3.05) is 0 Å². The Morgan fingerprint density at radius 3 is 1.92 bits per heavy atom. The Kier molecular flexibility index (Phi) is 5.80. The van der Waals surface area contributed by atoms with Crippen LogP contribution in [0.15, 0.2) is 67.0 Å². The van der Waals surface area contributed by atoms with Gasteiger partial charge in [-0.3, -0.25) is 0 Å². The smallest absolute Gasteiger partial charge is 0.260 e. The molecule has 0 atom stereocenters. The molecule has 1 aromatic heterocycles. The average Bonchev–Trinajstić information content (AvgIpc) is 2.66. The van der Waals surface area contributed by atoms with Crippen LogP contribution in [0.3, 0.4) is 0 Å². The molecule has 0 spiro atoms. The second-order valence-corrected chi connectivity index (χ2v) is 5.70. The molecule has 122 valence electrons. The van der Waals surface area contributed by atoms with Gasteiger partial charge < -0.3 is 9.47 Å². The van der Waals surface area contributed by atoms with Gasteiger partial charge in [0.1, 0.15) is 25.2 Å². The van der Waals surface area contributed by atoms with Crippen molar-refractivity contribution in [1.82, 2.24) is 9.97 Å².